The number of rotatable bonds is 7. The van der Waals surface area contributed by atoms with E-state index in [1.165, 1.54) is 18.2 Å². The number of para-hydroxylation sites is 2. The number of benzene rings is 2. The first-order valence-electron chi connectivity index (χ1n) is 7.86. The molecular formula is C18H18ClFN2O4. The number of hydrogen-bond acceptors (Lipinski definition) is 4. The van der Waals surface area contributed by atoms with Gasteiger partial charge in [-0.05, 0) is 31.2 Å². The summed E-state index contributed by atoms with van der Waals surface area (Å²) in [4.78, 5) is 23.6. The highest BCUT2D eigenvalue weighted by Crippen LogP contribution is 2.26. The van der Waals surface area contributed by atoms with E-state index in [-0.39, 0.29) is 23.6 Å². The van der Waals surface area contributed by atoms with E-state index in [2.05, 4.69) is 10.9 Å². The second-order valence-electron chi connectivity index (χ2n) is 5.14. The fourth-order valence-corrected chi connectivity index (χ4v) is 2.30. The third kappa shape index (κ3) is 5.63. The molecule has 0 fully saturated rings. The van der Waals surface area contributed by atoms with Crippen molar-refractivity contribution in [3.05, 3.63) is 58.9 Å². The Morgan fingerprint density at radius 3 is 2.31 bits per heavy atom. The normalized spacial score (nSPS) is 10.1. The van der Waals surface area contributed by atoms with Gasteiger partial charge in [-0.1, -0.05) is 29.8 Å². The molecular weight excluding hydrogens is 363 g/mol. The third-order valence-corrected chi connectivity index (χ3v) is 3.60. The van der Waals surface area contributed by atoms with E-state index in [0.29, 0.717) is 18.1 Å². The topological polar surface area (TPSA) is 76.7 Å². The van der Waals surface area contributed by atoms with Gasteiger partial charge in [0.05, 0.1) is 13.0 Å². The number of hydrazine groups is 1. The predicted octanol–water partition coefficient (Wildman–Crippen LogP) is 2.65. The quantitative estimate of drug-likeness (QED) is 0.724. The molecule has 0 spiro atoms. The van der Waals surface area contributed by atoms with E-state index >= 15 is 0 Å². The molecule has 0 aromatic heterocycles. The van der Waals surface area contributed by atoms with Crippen LogP contribution in [0.25, 0.3) is 0 Å². The van der Waals surface area contributed by atoms with Crippen LogP contribution in [0.4, 0.5) is 4.39 Å². The van der Waals surface area contributed by atoms with Gasteiger partial charge in [0, 0.05) is 10.6 Å². The zero-order valence-electron chi connectivity index (χ0n) is 14.1. The van der Waals surface area contributed by atoms with Gasteiger partial charge in [-0.15, -0.1) is 0 Å². The predicted molar refractivity (Wildman–Crippen MR) is 94.5 cm³/mol. The second-order valence-corrected chi connectivity index (χ2v) is 5.55. The summed E-state index contributed by atoms with van der Waals surface area (Å²) >= 11 is 5.86. The highest BCUT2D eigenvalue weighted by atomic mass is 35.5. The maximum absolute atomic E-state index is 13.6. The van der Waals surface area contributed by atoms with Crippen LogP contribution < -0.4 is 20.3 Å². The van der Waals surface area contributed by atoms with E-state index in [4.69, 9.17) is 21.1 Å². The molecule has 2 rings (SSSR count). The molecule has 0 aliphatic heterocycles. The molecule has 6 nitrogen and oxygen atoms in total. The van der Waals surface area contributed by atoms with Crippen molar-refractivity contribution in [1.82, 2.24) is 10.9 Å². The molecule has 8 heteroatoms. The number of carbonyl (C=O) groups is 2. The lowest BCUT2D eigenvalue weighted by atomic mass is 10.1. The van der Waals surface area contributed by atoms with Gasteiger partial charge in [0.25, 0.3) is 5.91 Å². The summed E-state index contributed by atoms with van der Waals surface area (Å²) < 4.78 is 24.4. The molecule has 0 atom stereocenters. The molecule has 0 aliphatic carbocycles. The van der Waals surface area contributed by atoms with E-state index in [1.807, 2.05) is 6.92 Å². The molecule has 0 saturated heterocycles. The maximum atomic E-state index is 13.6. The van der Waals surface area contributed by atoms with Crippen LogP contribution in [0, 0.1) is 5.82 Å². The average molecular weight is 381 g/mol. The van der Waals surface area contributed by atoms with E-state index < -0.39 is 17.6 Å². The smallest absolute Gasteiger partial charge is 0.276 e. The number of hydrogen-bond donors (Lipinski definition) is 2. The van der Waals surface area contributed by atoms with Crippen molar-refractivity contribution in [2.75, 3.05) is 13.2 Å². The molecule has 2 aromatic rings. The van der Waals surface area contributed by atoms with Crippen LogP contribution in [0.5, 0.6) is 11.5 Å². The van der Waals surface area contributed by atoms with E-state index in [0.717, 1.165) is 0 Å². The van der Waals surface area contributed by atoms with Crippen molar-refractivity contribution in [2.45, 2.75) is 13.3 Å². The second kappa shape index (κ2) is 9.62. The first-order valence-corrected chi connectivity index (χ1v) is 8.24. The Kier molecular flexibility index (Phi) is 7.23. The molecule has 26 heavy (non-hydrogen) atoms. The minimum absolute atomic E-state index is 0.0582. The fourth-order valence-electron chi connectivity index (χ4n) is 2.07. The Morgan fingerprint density at radius 2 is 1.65 bits per heavy atom. The van der Waals surface area contributed by atoms with Crippen LogP contribution in [0.15, 0.2) is 42.5 Å². The molecule has 2 aromatic carbocycles. The maximum Gasteiger partial charge on any atom is 0.276 e. The summed E-state index contributed by atoms with van der Waals surface area (Å²) in [6, 6.07) is 11.0. The Labute approximate surface area is 155 Å². The van der Waals surface area contributed by atoms with Gasteiger partial charge < -0.3 is 9.47 Å². The van der Waals surface area contributed by atoms with Gasteiger partial charge in [-0.25, -0.2) is 4.39 Å². The standard InChI is InChI=1S/C18H18ClFN2O4/c1-2-25-15-8-3-4-9-16(15)26-11-18(24)22-21-17(23)10-12-13(19)6-5-7-14(12)20/h3-9H,2,10-11H2,1H3,(H,21,23)(H,22,24). The summed E-state index contributed by atoms with van der Waals surface area (Å²) in [6.45, 7) is 1.97. The number of carbonyl (C=O) groups excluding carboxylic acids is 2. The Morgan fingerprint density at radius 1 is 1.00 bits per heavy atom. The van der Waals surface area contributed by atoms with Crippen LogP contribution in [-0.2, 0) is 16.0 Å². The van der Waals surface area contributed by atoms with Gasteiger partial charge in [-0.2, -0.15) is 0 Å². The molecule has 0 aliphatic rings. The van der Waals surface area contributed by atoms with Gasteiger partial charge in [-0.3, -0.25) is 20.4 Å². The van der Waals surface area contributed by atoms with Crippen molar-refractivity contribution in [2.24, 2.45) is 0 Å². The van der Waals surface area contributed by atoms with Crippen molar-refractivity contribution in [1.29, 1.82) is 0 Å². The van der Waals surface area contributed by atoms with Crippen LogP contribution in [0.2, 0.25) is 5.02 Å². The molecule has 2 amide bonds. The molecule has 0 unspecified atom stereocenters. The minimum atomic E-state index is -0.611. The summed E-state index contributed by atoms with van der Waals surface area (Å²) in [6.07, 6.45) is -0.306. The van der Waals surface area contributed by atoms with Crippen molar-refractivity contribution < 1.29 is 23.5 Å². The Balaban J connectivity index is 1.81. The fraction of sp³-hybridized carbons (Fsp3) is 0.222. The van der Waals surface area contributed by atoms with Gasteiger partial charge >= 0.3 is 0 Å². The first-order chi connectivity index (χ1) is 12.5. The number of halogens is 2. The lowest BCUT2D eigenvalue weighted by molar-refractivity contribution is -0.129. The lowest BCUT2D eigenvalue weighted by Gasteiger charge is -2.12. The first kappa shape index (κ1) is 19.5. The largest absolute Gasteiger partial charge is 0.490 e. The van der Waals surface area contributed by atoms with Gasteiger partial charge in [0.2, 0.25) is 5.91 Å². The summed E-state index contributed by atoms with van der Waals surface area (Å²) in [5.41, 5.74) is 4.44. The summed E-state index contributed by atoms with van der Waals surface area (Å²) in [5, 5.41) is 0.141. The zero-order valence-corrected chi connectivity index (χ0v) is 14.8. The number of ether oxygens (including phenoxy) is 2. The van der Waals surface area contributed by atoms with Crippen LogP contribution in [0.3, 0.4) is 0 Å². The molecule has 0 heterocycles. The summed E-state index contributed by atoms with van der Waals surface area (Å²) in [7, 11) is 0. The van der Waals surface area contributed by atoms with E-state index in [1.54, 1.807) is 24.3 Å². The zero-order chi connectivity index (χ0) is 18.9. The van der Waals surface area contributed by atoms with Crippen molar-refractivity contribution in [3.63, 3.8) is 0 Å². The SMILES string of the molecule is CCOc1ccccc1OCC(=O)NNC(=O)Cc1c(F)cccc1Cl. The Bertz CT molecular complexity index is 765. The Hall–Kier alpha value is -2.80. The molecule has 138 valence electrons. The van der Waals surface area contributed by atoms with Crippen LogP contribution >= 0.6 is 11.6 Å². The van der Waals surface area contributed by atoms with Crippen molar-refractivity contribution in [3.8, 4) is 11.5 Å². The average Bonchev–Trinajstić information content (AvgIpc) is 2.62. The monoisotopic (exact) mass is 380 g/mol. The molecule has 0 bridgehead atoms. The number of amides is 2. The summed E-state index contributed by atoms with van der Waals surface area (Å²) in [5.74, 6) is -0.853. The van der Waals surface area contributed by atoms with Gasteiger partial charge in [0.15, 0.2) is 18.1 Å². The van der Waals surface area contributed by atoms with Crippen LogP contribution in [0.1, 0.15) is 12.5 Å². The number of nitrogens with one attached hydrogen (secondary N) is 2. The van der Waals surface area contributed by atoms with E-state index in [9.17, 15) is 14.0 Å². The highest BCUT2D eigenvalue weighted by Gasteiger charge is 2.13. The highest BCUT2D eigenvalue weighted by molar-refractivity contribution is 6.31. The third-order valence-electron chi connectivity index (χ3n) is 3.25. The lowest BCUT2D eigenvalue weighted by Crippen LogP contribution is -2.44. The molecule has 2 N–H and O–H groups in total. The molecule has 0 radical (unpaired) electrons. The van der Waals surface area contributed by atoms with Crippen molar-refractivity contribution >= 4 is 23.4 Å². The van der Waals surface area contributed by atoms with Crippen LogP contribution in [-0.4, -0.2) is 25.0 Å². The minimum Gasteiger partial charge on any atom is -0.490 e. The van der Waals surface area contributed by atoms with Gasteiger partial charge in [0.1, 0.15) is 5.82 Å². The molecule has 0 saturated carbocycles.